The summed E-state index contributed by atoms with van der Waals surface area (Å²) in [6, 6.07) is 6.49. The Kier molecular flexibility index (Phi) is 5.76. The van der Waals surface area contributed by atoms with Gasteiger partial charge in [-0.05, 0) is 36.7 Å². The van der Waals surface area contributed by atoms with Crippen molar-refractivity contribution >= 4 is 0 Å². The van der Waals surface area contributed by atoms with Crippen LogP contribution in [-0.4, -0.2) is 29.6 Å². The topological polar surface area (TPSA) is 47.3 Å². The van der Waals surface area contributed by atoms with Crippen LogP contribution < -0.4 is 0 Å². The van der Waals surface area contributed by atoms with E-state index >= 15 is 0 Å². The minimum Gasteiger partial charge on any atom is -0.387 e. The van der Waals surface area contributed by atoms with Crippen molar-refractivity contribution in [3.63, 3.8) is 0 Å². The van der Waals surface area contributed by atoms with E-state index in [-0.39, 0.29) is 5.82 Å². The summed E-state index contributed by atoms with van der Waals surface area (Å²) in [5, 5.41) is 18.7. The molecular formula is C14H19FN2O. The van der Waals surface area contributed by atoms with Crippen LogP contribution in [0.1, 0.15) is 30.6 Å². The Labute approximate surface area is 107 Å². The summed E-state index contributed by atoms with van der Waals surface area (Å²) < 4.78 is 13.0. The Hall–Kier alpha value is -1.44. The van der Waals surface area contributed by atoms with E-state index in [2.05, 4.69) is 6.07 Å². The molecule has 0 saturated carbocycles. The molecule has 1 atom stereocenters. The second-order valence-electron chi connectivity index (χ2n) is 4.32. The minimum atomic E-state index is -0.649. The smallest absolute Gasteiger partial charge is 0.123 e. The molecule has 0 heterocycles. The molecule has 1 aromatic carbocycles. The number of halogens is 1. The molecule has 98 valence electrons. The van der Waals surface area contributed by atoms with Gasteiger partial charge in [-0.1, -0.05) is 13.0 Å². The lowest BCUT2D eigenvalue weighted by Gasteiger charge is -2.23. The maximum atomic E-state index is 13.0. The third-order valence-corrected chi connectivity index (χ3v) is 3.01. The molecule has 0 fully saturated rings. The third kappa shape index (κ3) is 4.10. The third-order valence-electron chi connectivity index (χ3n) is 3.01. The predicted octanol–water partition coefficient (Wildman–Crippen LogP) is 2.40. The van der Waals surface area contributed by atoms with Crippen molar-refractivity contribution < 1.29 is 9.50 Å². The van der Waals surface area contributed by atoms with Crippen LogP contribution in [0.5, 0.6) is 0 Å². The molecule has 0 aliphatic carbocycles. The van der Waals surface area contributed by atoms with Crippen molar-refractivity contribution in [3.05, 3.63) is 35.1 Å². The lowest BCUT2D eigenvalue weighted by Crippen LogP contribution is -2.29. The molecule has 0 aliphatic rings. The highest BCUT2D eigenvalue weighted by Gasteiger charge is 2.14. The number of aliphatic hydroxyl groups excluding tert-OH is 1. The molecule has 1 rings (SSSR count). The van der Waals surface area contributed by atoms with Crippen molar-refractivity contribution in [2.24, 2.45) is 0 Å². The first-order chi connectivity index (χ1) is 8.58. The monoisotopic (exact) mass is 250 g/mol. The van der Waals surface area contributed by atoms with Gasteiger partial charge in [0, 0.05) is 19.5 Å². The Bertz CT molecular complexity index is 428. The maximum Gasteiger partial charge on any atom is 0.123 e. The zero-order chi connectivity index (χ0) is 13.5. The summed E-state index contributed by atoms with van der Waals surface area (Å²) in [6.07, 6.45) is -0.201. The number of rotatable bonds is 6. The van der Waals surface area contributed by atoms with Gasteiger partial charge in [-0.15, -0.1) is 0 Å². The summed E-state index contributed by atoms with van der Waals surface area (Å²) in [7, 11) is 0. The molecule has 0 aromatic heterocycles. The molecule has 0 radical (unpaired) electrons. The van der Waals surface area contributed by atoms with Crippen LogP contribution >= 0.6 is 0 Å². The first kappa shape index (κ1) is 14.6. The summed E-state index contributed by atoms with van der Waals surface area (Å²) in [4.78, 5) is 2.01. The number of aliphatic hydroxyl groups is 1. The molecule has 3 nitrogen and oxygen atoms in total. The van der Waals surface area contributed by atoms with Gasteiger partial charge in [-0.2, -0.15) is 5.26 Å². The fourth-order valence-corrected chi connectivity index (χ4v) is 1.94. The van der Waals surface area contributed by atoms with Crippen molar-refractivity contribution in [1.29, 1.82) is 5.26 Å². The van der Waals surface area contributed by atoms with Crippen molar-refractivity contribution in [1.82, 2.24) is 4.90 Å². The average molecular weight is 250 g/mol. The molecule has 0 amide bonds. The number of hydrogen-bond acceptors (Lipinski definition) is 3. The lowest BCUT2D eigenvalue weighted by atomic mass is 10.0. The lowest BCUT2D eigenvalue weighted by molar-refractivity contribution is 0.116. The van der Waals surface area contributed by atoms with E-state index in [9.17, 15) is 9.50 Å². The van der Waals surface area contributed by atoms with E-state index in [1.54, 1.807) is 13.0 Å². The van der Waals surface area contributed by atoms with E-state index in [0.717, 1.165) is 17.7 Å². The second-order valence-corrected chi connectivity index (χ2v) is 4.32. The van der Waals surface area contributed by atoms with E-state index in [4.69, 9.17) is 5.26 Å². The number of benzene rings is 1. The zero-order valence-corrected chi connectivity index (χ0v) is 10.9. The van der Waals surface area contributed by atoms with E-state index < -0.39 is 6.10 Å². The van der Waals surface area contributed by atoms with Gasteiger partial charge in [0.15, 0.2) is 0 Å². The largest absolute Gasteiger partial charge is 0.387 e. The summed E-state index contributed by atoms with van der Waals surface area (Å²) in [5.74, 6) is -0.291. The van der Waals surface area contributed by atoms with Crippen molar-refractivity contribution in [3.8, 4) is 6.07 Å². The number of aryl methyl sites for hydroxylation is 1. The van der Waals surface area contributed by atoms with Crippen LogP contribution in [0.15, 0.2) is 18.2 Å². The van der Waals surface area contributed by atoms with Gasteiger partial charge in [0.05, 0.1) is 12.2 Å². The summed E-state index contributed by atoms with van der Waals surface area (Å²) >= 11 is 0. The Morgan fingerprint density at radius 2 is 2.22 bits per heavy atom. The number of likely N-dealkylation sites (N-methyl/N-ethyl adjacent to an activating group) is 1. The van der Waals surface area contributed by atoms with Gasteiger partial charge in [0.2, 0.25) is 0 Å². The molecule has 0 spiro atoms. The Morgan fingerprint density at radius 3 is 2.78 bits per heavy atom. The molecule has 0 bridgehead atoms. The van der Waals surface area contributed by atoms with Gasteiger partial charge in [-0.3, -0.25) is 4.90 Å². The number of nitriles is 1. The second kappa shape index (κ2) is 7.10. The maximum absolute atomic E-state index is 13.0. The van der Waals surface area contributed by atoms with Crippen LogP contribution in [0.25, 0.3) is 0 Å². The zero-order valence-electron chi connectivity index (χ0n) is 10.9. The Balaban J connectivity index is 2.68. The van der Waals surface area contributed by atoms with Crippen LogP contribution in [-0.2, 0) is 0 Å². The first-order valence-electron chi connectivity index (χ1n) is 6.12. The van der Waals surface area contributed by atoms with E-state index in [1.165, 1.54) is 12.1 Å². The van der Waals surface area contributed by atoms with E-state index in [0.29, 0.717) is 19.5 Å². The molecule has 1 unspecified atom stereocenters. The highest BCUT2D eigenvalue weighted by atomic mass is 19.1. The fourth-order valence-electron chi connectivity index (χ4n) is 1.94. The molecular weight excluding hydrogens is 231 g/mol. The SMILES string of the molecule is CCN(CCC#N)CC(O)c1ccc(F)cc1C. The van der Waals surface area contributed by atoms with Crippen molar-refractivity contribution in [2.75, 3.05) is 19.6 Å². The standard InChI is InChI=1S/C14H19FN2O/c1-3-17(8-4-7-16)10-14(18)13-6-5-12(15)9-11(13)2/h5-6,9,14,18H,3-4,8,10H2,1-2H3. The number of nitrogens with zero attached hydrogens (tertiary/aromatic N) is 2. The van der Waals surface area contributed by atoms with E-state index in [1.807, 2.05) is 11.8 Å². The van der Waals surface area contributed by atoms with Gasteiger partial charge >= 0.3 is 0 Å². The summed E-state index contributed by atoms with van der Waals surface area (Å²) in [5.41, 5.74) is 1.49. The first-order valence-corrected chi connectivity index (χ1v) is 6.12. The van der Waals surface area contributed by atoms with Gasteiger partial charge in [0.25, 0.3) is 0 Å². The highest BCUT2D eigenvalue weighted by Crippen LogP contribution is 2.19. The molecule has 18 heavy (non-hydrogen) atoms. The van der Waals surface area contributed by atoms with Gasteiger partial charge in [0.1, 0.15) is 5.82 Å². The fraction of sp³-hybridized carbons (Fsp3) is 0.500. The van der Waals surface area contributed by atoms with Crippen molar-refractivity contribution in [2.45, 2.75) is 26.4 Å². The van der Waals surface area contributed by atoms with Gasteiger partial charge in [-0.25, -0.2) is 4.39 Å². The van der Waals surface area contributed by atoms with Gasteiger partial charge < -0.3 is 5.11 Å². The van der Waals surface area contributed by atoms with Crippen LogP contribution in [0.4, 0.5) is 4.39 Å². The van der Waals surface area contributed by atoms with Crippen LogP contribution in [0, 0.1) is 24.1 Å². The quantitative estimate of drug-likeness (QED) is 0.843. The average Bonchev–Trinajstić information content (AvgIpc) is 2.34. The summed E-state index contributed by atoms with van der Waals surface area (Å²) in [6.45, 7) is 5.66. The molecule has 0 aliphatic heterocycles. The minimum absolute atomic E-state index is 0.291. The molecule has 4 heteroatoms. The van der Waals surface area contributed by atoms with Crippen LogP contribution in [0.3, 0.4) is 0 Å². The molecule has 1 N–H and O–H groups in total. The Morgan fingerprint density at radius 1 is 1.50 bits per heavy atom. The molecule has 0 saturated heterocycles. The van der Waals surface area contributed by atoms with Crippen LogP contribution in [0.2, 0.25) is 0 Å². The normalized spacial score (nSPS) is 12.4. The molecule has 1 aromatic rings. The number of hydrogen-bond donors (Lipinski definition) is 1. The highest BCUT2D eigenvalue weighted by molar-refractivity contribution is 5.28. The predicted molar refractivity (Wildman–Crippen MR) is 68.4 cm³/mol.